The van der Waals surface area contributed by atoms with Gasteiger partial charge in [-0.05, 0) is 31.5 Å². The summed E-state index contributed by atoms with van der Waals surface area (Å²) in [6, 6.07) is 7.60. The number of rotatable bonds is 5. The van der Waals surface area contributed by atoms with E-state index in [4.69, 9.17) is 10.00 Å². The van der Waals surface area contributed by atoms with Crippen molar-refractivity contribution in [3.05, 3.63) is 29.6 Å². The summed E-state index contributed by atoms with van der Waals surface area (Å²) in [5.74, 6) is 0.954. The molecule has 0 radical (unpaired) electrons. The highest BCUT2D eigenvalue weighted by Crippen LogP contribution is 2.14. The lowest BCUT2D eigenvalue weighted by Crippen LogP contribution is -1.96. The van der Waals surface area contributed by atoms with Gasteiger partial charge in [-0.25, -0.2) is 4.98 Å². The molecule has 0 aliphatic carbocycles. The van der Waals surface area contributed by atoms with Crippen LogP contribution in [0.3, 0.4) is 0 Å². The summed E-state index contributed by atoms with van der Waals surface area (Å²) < 4.78 is 5.28. The summed E-state index contributed by atoms with van der Waals surface area (Å²) in [6.45, 7) is 3.51. The van der Waals surface area contributed by atoms with Crippen LogP contribution in [0.15, 0.2) is 18.2 Å². The van der Waals surface area contributed by atoms with Crippen LogP contribution in [0.25, 0.3) is 11.0 Å². The van der Waals surface area contributed by atoms with E-state index in [2.05, 4.69) is 16.0 Å². The summed E-state index contributed by atoms with van der Waals surface area (Å²) in [5.41, 5.74) is 2.49. The van der Waals surface area contributed by atoms with Crippen molar-refractivity contribution in [2.75, 3.05) is 13.2 Å². The molecule has 17 heavy (non-hydrogen) atoms. The molecule has 1 heterocycles. The largest absolute Gasteiger partial charge is 0.382 e. The fourth-order valence-corrected chi connectivity index (χ4v) is 1.74. The molecule has 0 amide bonds. The molecule has 0 bridgehead atoms. The fraction of sp³-hybridized carbons (Fsp3) is 0.385. The Morgan fingerprint density at radius 2 is 2.35 bits per heavy atom. The molecule has 4 heteroatoms. The number of aromatic nitrogens is 2. The Morgan fingerprint density at radius 1 is 1.47 bits per heavy atom. The minimum atomic E-state index is 0.655. The van der Waals surface area contributed by atoms with Crippen molar-refractivity contribution >= 4 is 11.0 Å². The van der Waals surface area contributed by atoms with E-state index in [1.807, 2.05) is 19.1 Å². The van der Waals surface area contributed by atoms with Crippen molar-refractivity contribution in [2.24, 2.45) is 0 Å². The van der Waals surface area contributed by atoms with Crippen LogP contribution < -0.4 is 0 Å². The highest BCUT2D eigenvalue weighted by molar-refractivity contribution is 5.76. The smallest absolute Gasteiger partial charge is 0.107 e. The minimum absolute atomic E-state index is 0.655. The Kier molecular flexibility index (Phi) is 3.73. The van der Waals surface area contributed by atoms with Crippen molar-refractivity contribution in [3.63, 3.8) is 0 Å². The molecule has 0 spiro atoms. The maximum Gasteiger partial charge on any atom is 0.107 e. The second kappa shape index (κ2) is 5.46. The Balaban J connectivity index is 2.07. The highest BCUT2D eigenvalue weighted by Gasteiger charge is 2.03. The number of hydrogen-bond donors (Lipinski definition) is 1. The maximum atomic E-state index is 8.80. The molecular formula is C13H15N3O. The molecule has 4 nitrogen and oxygen atoms in total. The van der Waals surface area contributed by atoms with Crippen LogP contribution in [0.4, 0.5) is 0 Å². The van der Waals surface area contributed by atoms with Gasteiger partial charge in [0, 0.05) is 19.6 Å². The van der Waals surface area contributed by atoms with Crippen molar-refractivity contribution in [1.82, 2.24) is 9.97 Å². The molecule has 0 aliphatic heterocycles. The van der Waals surface area contributed by atoms with Gasteiger partial charge in [0.1, 0.15) is 5.82 Å². The monoisotopic (exact) mass is 229 g/mol. The lowest BCUT2D eigenvalue weighted by molar-refractivity contribution is 0.145. The molecule has 0 aliphatic rings. The molecule has 88 valence electrons. The van der Waals surface area contributed by atoms with Crippen molar-refractivity contribution in [2.45, 2.75) is 19.8 Å². The van der Waals surface area contributed by atoms with Crippen molar-refractivity contribution in [3.8, 4) is 6.07 Å². The Labute approximate surface area is 100 Å². The van der Waals surface area contributed by atoms with Gasteiger partial charge in [-0.3, -0.25) is 0 Å². The third-order valence-corrected chi connectivity index (χ3v) is 2.57. The standard InChI is InChI=1S/C13H15N3O/c1-2-17-7-3-4-13-15-11-6-5-10(9-14)8-12(11)16-13/h5-6,8H,2-4,7H2,1H3,(H,15,16). The van der Waals surface area contributed by atoms with Gasteiger partial charge in [0.25, 0.3) is 0 Å². The lowest BCUT2D eigenvalue weighted by atomic mass is 10.2. The van der Waals surface area contributed by atoms with Crippen LogP contribution in [0.1, 0.15) is 24.7 Å². The summed E-state index contributed by atoms with van der Waals surface area (Å²) in [7, 11) is 0. The third-order valence-electron chi connectivity index (χ3n) is 2.57. The number of fused-ring (bicyclic) bond motifs is 1. The van der Waals surface area contributed by atoms with Gasteiger partial charge in [0.2, 0.25) is 0 Å². The number of H-pyrrole nitrogens is 1. The molecule has 2 aromatic rings. The number of nitriles is 1. The first-order valence-corrected chi connectivity index (χ1v) is 5.80. The van der Waals surface area contributed by atoms with E-state index in [-0.39, 0.29) is 0 Å². The van der Waals surface area contributed by atoms with Gasteiger partial charge in [0.15, 0.2) is 0 Å². The molecule has 2 rings (SSSR count). The Morgan fingerprint density at radius 3 is 3.12 bits per heavy atom. The number of nitrogens with zero attached hydrogens (tertiary/aromatic N) is 2. The molecule has 0 saturated carbocycles. The van der Waals surface area contributed by atoms with Gasteiger partial charge in [-0.1, -0.05) is 0 Å². The van der Waals surface area contributed by atoms with Crippen LogP contribution in [0.2, 0.25) is 0 Å². The van der Waals surface area contributed by atoms with Gasteiger partial charge >= 0.3 is 0 Å². The SMILES string of the molecule is CCOCCCc1nc2ccc(C#N)cc2[nH]1. The fourth-order valence-electron chi connectivity index (χ4n) is 1.74. The van der Waals surface area contributed by atoms with Crippen molar-refractivity contribution < 1.29 is 4.74 Å². The number of hydrogen-bond acceptors (Lipinski definition) is 3. The van der Waals surface area contributed by atoms with Crippen LogP contribution in [-0.4, -0.2) is 23.2 Å². The molecule has 1 N–H and O–H groups in total. The molecule has 0 unspecified atom stereocenters. The summed E-state index contributed by atoms with van der Waals surface area (Å²) >= 11 is 0. The lowest BCUT2D eigenvalue weighted by Gasteiger charge is -1.98. The average Bonchev–Trinajstić information content (AvgIpc) is 2.76. The third kappa shape index (κ3) is 2.83. The van der Waals surface area contributed by atoms with E-state index in [0.29, 0.717) is 5.56 Å². The first-order chi connectivity index (χ1) is 8.33. The Bertz CT molecular complexity index is 539. The van der Waals surface area contributed by atoms with Crippen LogP contribution in [0, 0.1) is 11.3 Å². The molecule has 1 aromatic carbocycles. The second-order valence-corrected chi connectivity index (χ2v) is 3.83. The number of nitrogens with one attached hydrogen (secondary N) is 1. The topological polar surface area (TPSA) is 61.7 Å². The quantitative estimate of drug-likeness (QED) is 0.801. The maximum absolute atomic E-state index is 8.80. The van der Waals surface area contributed by atoms with Crippen LogP contribution >= 0.6 is 0 Å². The molecular weight excluding hydrogens is 214 g/mol. The zero-order valence-electron chi connectivity index (χ0n) is 9.86. The first kappa shape index (κ1) is 11.6. The van der Waals surface area contributed by atoms with Gasteiger partial charge in [-0.15, -0.1) is 0 Å². The van der Waals surface area contributed by atoms with Crippen molar-refractivity contribution in [1.29, 1.82) is 5.26 Å². The normalized spacial score (nSPS) is 10.6. The number of benzene rings is 1. The van der Waals surface area contributed by atoms with Crippen LogP contribution in [-0.2, 0) is 11.2 Å². The average molecular weight is 229 g/mol. The van der Waals surface area contributed by atoms with E-state index >= 15 is 0 Å². The Hall–Kier alpha value is -1.86. The zero-order chi connectivity index (χ0) is 12.1. The van der Waals surface area contributed by atoms with E-state index < -0.39 is 0 Å². The highest BCUT2D eigenvalue weighted by atomic mass is 16.5. The summed E-state index contributed by atoms with van der Waals surface area (Å²) in [4.78, 5) is 7.69. The minimum Gasteiger partial charge on any atom is -0.382 e. The second-order valence-electron chi connectivity index (χ2n) is 3.83. The van der Waals surface area contributed by atoms with E-state index in [1.165, 1.54) is 0 Å². The summed E-state index contributed by atoms with van der Waals surface area (Å²) in [5, 5.41) is 8.80. The van der Waals surface area contributed by atoms with E-state index in [9.17, 15) is 0 Å². The molecule has 0 fully saturated rings. The summed E-state index contributed by atoms with van der Waals surface area (Å²) in [6.07, 6.45) is 1.83. The van der Waals surface area contributed by atoms with Crippen LogP contribution in [0.5, 0.6) is 0 Å². The predicted octanol–water partition coefficient (Wildman–Crippen LogP) is 2.40. The van der Waals surface area contributed by atoms with E-state index in [0.717, 1.165) is 42.9 Å². The number of imidazole rings is 1. The molecule has 0 saturated heterocycles. The predicted molar refractivity (Wildman–Crippen MR) is 65.6 cm³/mol. The molecule has 1 aromatic heterocycles. The number of aromatic amines is 1. The molecule has 0 atom stereocenters. The zero-order valence-corrected chi connectivity index (χ0v) is 9.86. The van der Waals surface area contributed by atoms with Gasteiger partial charge < -0.3 is 9.72 Å². The first-order valence-electron chi connectivity index (χ1n) is 5.80. The van der Waals surface area contributed by atoms with Gasteiger partial charge in [-0.2, -0.15) is 5.26 Å². The van der Waals surface area contributed by atoms with E-state index in [1.54, 1.807) is 6.07 Å². The van der Waals surface area contributed by atoms with Gasteiger partial charge in [0.05, 0.1) is 22.7 Å². The number of ether oxygens (including phenoxy) is 1. The number of aryl methyl sites for hydroxylation is 1.